The first-order valence-corrected chi connectivity index (χ1v) is 14.7. The Hall–Kier alpha value is -4.80. The minimum Gasteiger partial charge on any atom is -0.457 e. The van der Waals surface area contributed by atoms with Crippen LogP contribution in [0.15, 0.2) is 60.7 Å². The molecule has 2 saturated heterocycles. The van der Waals surface area contributed by atoms with Crippen LogP contribution in [0.2, 0.25) is 0 Å². The molecule has 1 atom stereocenters. The van der Waals surface area contributed by atoms with E-state index < -0.39 is 23.6 Å². The first-order chi connectivity index (χ1) is 21.2. The Kier molecular flexibility index (Phi) is 8.28. The van der Waals surface area contributed by atoms with Crippen molar-refractivity contribution in [3.8, 4) is 11.5 Å². The van der Waals surface area contributed by atoms with E-state index in [-0.39, 0.29) is 48.8 Å². The number of carbonyl (C=O) groups is 4. The number of nitrogens with one attached hydrogen (secondary N) is 2. The number of hydrogen-bond donors (Lipinski definition) is 2. The number of carbonyl (C=O) groups excluding carboxylic acids is 4. The minimum absolute atomic E-state index is 0.0296. The van der Waals surface area contributed by atoms with Gasteiger partial charge < -0.3 is 25.2 Å². The third kappa shape index (κ3) is 6.72. The highest BCUT2D eigenvalue weighted by Gasteiger charge is 2.32. The molecule has 3 aliphatic rings. The monoisotopic (exact) mass is 602 g/mol. The first kappa shape index (κ1) is 29.3. The van der Waals surface area contributed by atoms with Gasteiger partial charge in [-0.05, 0) is 61.7 Å². The zero-order valence-electron chi connectivity index (χ0n) is 24.0. The summed E-state index contributed by atoms with van der Waals surface area (Å²) >= 11 is 0. The van der Waals surface area contributed by atoms with Crippen LogP contribution in [0.5, 0.6) is 11.5 Å². The molecule has 44 heavy (non-hydrogen) atoms. The molecule has 3 aromatic carbocycles. The van der Waals surface area contributed by atoms with Gasteiger partial charge >= 0.3 is 0 Å². The summed E-state index contributed by atoms with van der Waals surface area (Å²) in [6.45, 7) is 1.01. The van der Waals surface area contributed by atoms with Crippen molar-refractivity contribution in [3.05, 3.63) is 94.6 Å². The fraction of sp³-hybridized carbons (Fsp3) is 0.333. The highest BCUT2D eigenvalue weighted by atomic mass is 19.2. The largest absolute Gasteiger partial charge is 0.457 e. The van der Waals surface area contributed by atoms with Gasteiger partial charge in [-0.25, -0.2) is 8.78 Å². The van der Waals surface area contributed by atoms with E-state index in [0.717, 1.165) is 25.3 Å². The molecule has 0 aromatic heterocycles. The van der Waals surface area contributed by atoms with Gasteiger partial charge in [-0.1, -0.05) is 18.2 Å². The molecular formula is C33H32F2N4O5. The molecule has 228 valence electrons. The Morgan fingerprint density at radius 2 is 1.52 bits per heavy atom. The fourth-order valence-electron chi connectivity index (χ4n) is 5.46. The van der Waals surface area contributed by atoms with Crippen molar-refractivity contribution in [2.45, 2.75) is 57.3 Å². The summed E-state index contributed by atoms with van der Waals surface area (Å²) in [6, 6.07) is 15.2. The van der Waals surface area contributed by atoms with Crippen molar-refractivity contribution < 1.29 is 32.7 Å². The van der Waals surface area contributed by atoms with Crippen LogP contribution in [0.25, 0.3) is 0 Å². The highest BCUT2D eigenvalue weighted by molar-refractivity contribution is 5.96. The summed E-state index contributed by atoms with van der Waals surface area (Å²) in [5, 5.41) is 5.81. The zero-order valence-corrected chi connectivity index (χ0v) is 24.0. The molecule has 11 heteroatoms. The second-order valence-electron chi connectivity index (χ2n) is 11.5. The maximum absolute atomic E-state index is 14.2. The zero-order chi connectivity index (χ0) is 30.8. The van der Waals surface area contributed by atoms with Crippen molar-refractivity contribution in [1.29, 1.82) is 0 Å². The molecule has 0 radical (unpaired) electrons. The standard InChI is InChI=1S/C33H32F2N4O5/c34-27-4-1-3-23(31(27)35)18-39-19-25(16-30(39)41)37-33(43)21-6-7-22(17-38-14-2-5-29(38)40)28(15-21)44-26-12-8-20(9-13-26)32(42)36-24-10-11-24/h1,3-4,6-9,12-13,15,24-25H,2,5,10-11,14,16-19H2,(H,36,42)(H,37,43)/t25-/m0/s1. The quantitative estimate of drug-likeness (QED) is 0.360. The Balaban J connectivity index is 1.16. The third-order valence-corrected chi connectivity index (χ3v) is 8.06. The van der Waals surface area contributed by atoms with Crippen LogP contribution in [0, 0.1) is 11.6 Å². The van der Waals surface area contributed by atoms with E-state index in [9.17, 15) is 28.0 Å². The van der Waals surface area contributed by atoms with Crippen molar-refractivity contribution >= 4 is 23.6 Å². The number of amides is 4. The lowest BCUT2D eigenvalue weighted by molar-refractivity contribution is -0.129. The molecule has 9 nitrogen and oxygen atoms in total. The maximum Gasteiger partial charge on any atom is 0.251 e. The van der Waals surface area contributed by atoms with Crippen LogP contribution in [0.4, 0.5) is 8.78 Å². The van der Waals surface area contributed by atoms with Gasteiger partial charge in [0.2, 0.25) is 11.8 Å². The molecule has 0 bridgehead atoms. The average Bonchev–Trinajstić information content (AvgIpc) is 3.63. The van der Waals surface area contributed by atoms with Gasteiger partial charge in [-0.3, -0.25) is 19.2 Å². The molecule has 2 N–H and O–H groups in total. The topological polar surface area (TPSA) is 108 Å². The Bertz CT molecular complexity index is 1610. The Labute approximate surface area is 253 Å². The number of halogens is 2. The smallest absolute Gasteiger partial charge is 0.251 e. The number of nitrogens with zero attached hydrogens (tertiary/aromatic N) is 2. The lowest BCUT2D eigenvalue weighted by atomic mass is 10.1. The third-order valence-electron chi connectivity index (χ3n) is 8.06. The van der Waals surface area contributed by atoms with E-state index in [1.165, 1.54) is 17.0 Å². The van der Waals surface area contributed by atoms with Gasteiger partial charge in [0, 0.05) is 67.3 Å². The predicted molar refractivity (Wildman–Crippen MR) is 156 cm³/mol. The van der Waals surface area contributed by atoms with Crippen LogP contribution in [0.1, 0.15) is 63.9 Å². The summed E-state index contributed by atoms with van der Waals surface area (Å²) in [5.74, 6) is -1.92. The molecule has 1 saturated carbocycles. The summed E-state index contributed by atoms with van der Waals surface area (Å²) in [5.41, 5.74) is 1.59. The summed E-state index contributed by atoms with van der Waals surface area (Å²) in [6.07, 6.45) is 3.28. The van der Waals surface area contributed by atoms with Crippen molar-refractivity contribution in [2.24, 2.45) is 0 Å². The molecule has 1 aliphatic carbocycles. The lowest BCUT2D eigenvalue weighted by Crippen LogP contribution is -2.37. The van der Waals surface area contributed by atoms with Crippen molar-refractivity contribution in [2.75, 3.05) is 13.1 Å². The molecule has 3 fully saturated rings. The van der Waals surface area contributed by atoms with E-state index in [0.29, 0.717) is 47.7 Å². The van der Waals surface area contributed by atoms with E-state index in [4.69, 9.17) is 4.74 Å². The highest BCUT2D eigenvalue weighted by Crippen LogP contribution is 2.30. The Morgan fingerprint density at radius 1 is 0.818 bits per heavy atom. The normalized spacial score (nSPS) is 18.1. The van der Waals surface area contributed by atoms with E-state index in [1.807, 2.05) is 0 Å². The van der Waals surface area contributed by atoms with Gasteiger partial charge in [0.1, 0.15) is 11.5 Å². The van der Waals surface area contributed by atoms with Gasteiger partial charge in [0.15, 0.2) is 11.6 Å². The number of benzene rings is 3. The molecule has 6 rings (SSSR count). The van der Waals surface area contributed by atoms with Gasteiger partial charge in [0.05, 0.1) is 6.04 Å². The fourth-order valence-corrected chi connectivity index (χ4v) is 5.46. The molecule has 0 spiro atoms. The van der Waals surface area contributed by atoms with Crippen LogP contribution in [-0.4, -0.2) is 58.6 Å². The first-order valence-electron chi connectivity index (χ1n) is 14.7. The Morgan fingerprint density at radius 3 is 2.25 bits per heavy atom. The molecule has 2 aliphatic heterocycles. The molecule has 0 unspecified atom stereocenters. The van der Waals surface area contributed by atoms with Crippen molar-refractivity contribution in [1.82, 2.24) is 20.4 Å². The summed E-state index contributed by atoms with van der Waals surface area (Å²) < 4.78 is 34.0. The van der Waals surface area contributed by atoms with E-state index in [2.05, 4.69) is 10.6 Å². The van der Waals surface area contributed by atoms with E-state index in [1.54, 1.807) is 47.4 Å². The average molecular weight is 603 g/mol. The summed E-state index contributed by atoms with van der Waals surface area (Å²) in [7, 11) is 0. The number of likely N-dealkylation sites (tertiary alicyclic amines) is 2. The van der Waals surface area contributed by atoms with Crippen LogP contribution >= 0.6 is 0 Å². The van der Waals surface area contributed by atoms with Crippen LogP contribution < -0.4 is 15.4 Å². The SMILES string of the molecule is O=C(NC1CC1)c1ccc(Oc2cc(C(=O)N[C@H]3CC(=O)N(Cc4cccc(F)c4F)C3)ccc2CN2CCCC2=O)cc1. The molecule has 3 aromatic rings. The number of hydrogen-bond acceptors (Lipinski definition) is 5. The lowest BCUT2D eigenvalue weighted by Gasteiger charge is -2.20. The number of rotatable bonds is 10. The molecule has 4 amide bonds. The summed E-state index contributed by atoms with van der Waals surface area (Å²) in [4.78, 5) is 53.7. The number of ether oxygens (including phenoxy) is 1. The van der Waals surface area contributed by atoms with E-state index >= 15 is 0 Å². The van der Waals surface area contributed by atoms with Gasteiger partial charge in [-0.2, -0.15) is 0 Å². The van der Waals surface area contributed by atoms with Gasteiger partial charge in [0.25, 0.3) is 11.8 Å². The predicted octanol–water partition coefficient (Wildman–Crippen LogP) is 4.30. The van der Waals surface area contributed by atoms with Gasteiger partial charge in [-0.15, -0.1) is 0 Å². The van der Waals surface area contributed by atoms with Crippen molar-refractivity contribution in [3.63, 3.8) is 0 Å². The molecule has 2 heterocycles. The molecular weight excluding hydrogens is 570 g/mol. The second kappa shape index (κ2) is 12.4. The maximum atomic E-state index is 14.2. The van der Waals surface area contributed by atoms with Crippen LogP contribution in [-0.2, 0) is 22.7 Å². The minimum atomic E-state index is -0.993. The van der Waals surface area contributed by atoms with Crippen LogP contribution in [0.3, 0.4) is 0 Å². The second-order valence-corrected chi connectivity index (χ2v) is 11.5.